The summed E-state index contributed by atoms with van der Waals surface area (Å²) in [5.74, 6) is 2.34. The minimum Gasteiger partial charge on any atom is -0.342 e. The average Bonchev–Trinajstić information content (AvgIpc) is 3.62. The molecule has 170 valence electrons. The molecule has 35 heavy (non-hydrogen) atoms. The summed E-state index contributed by atoms with van der Waals surface area (Å²) >= 11 is 1.80. The number of rotatable bonds is 3. The molecule has 2 N–H and O–H groups in total. The molecule has 3 aromatic heterocycles. The highest BCUT2D eigenvalue weighted by Crippen LogP contribution is 2.39. The Hall–Kier alpha value is -3.96. The van der Waals surface area contributed by atoms with Gasteiger partial charge in [0.25, 0.3) is 0 Å². The number of aromatic nitrogens is 4. The van der Waals surface area contributed by atoms with Gasteiger partial charge in [-0.3, -0.25) is 0 Å². The van der Waals surface area contributed by atoms with E-state index in [1.807, 2.05) is 13.1 Å². The summed E-state index contributed by atoms with van der Waals surface area (Å²) in [4.78, 5) is 16.2. The molecule has 3 heterocycles. The van der Waals surface area contributed by atoms with Gasteiger partial charge in [-0.15, -0.1) is 11.3 Å². The fourth-order valence-corrected chi connectivity index (χ4v) is 5.98. The molecule has 0 fully saturated rings. The third-order valence-electron chi connectivity index (χ3n) is 6.91. The molecule has 7 aromatic rings. The van der Waals surface area contributed by atoms with Gasteiger partial charge in [0.05, 0.1) is 22.9 Å². The van der Waals surface area contributed by atoms with Crippen molar-refractivity contribution in [2.24, 2.45) is 0 Å². The summed E-state index contributed by atoms with van der Waals surface area (Å²) in [7, 11) is 0. The molecule has 0 saturated heterocycles. The summed E-state index contributed by atoms with van der Waals surface area (Å²) in [6.45, 7) is 6.34. The van der Waals surface area contributed by atoms with Crippen LogP contribution in [0.25, 0.3) is 65.0 Å². The van der Waals surface area contributed by atoms with Gasteiger partial charge in [-0.25, -0.2) is 9.97 Å². The molecule has 4 nitrogen and oxygen atoms in total. The Morgan fingerprint density at radius 1 is 0.771 bits per heavy atom. The molecule has 0 atom stereocenters. The fourth-order valence-electron chi connectivity index (χ4n) is 5.05. The van der Waals surface area contributed by atoms with Crippen LogP contribution in [-0.4, -0.2) is 19.9 Å². The van der Waals surface area contributed by atoms with Crippen molar-refractivity contribution >= 4 is 54.0 Å². The number of hydrogen-bond acceptors (Lipinski definition) is 3. The molecule has 0 bridgehead atoms. The number of imidazole rings is 2. The van der Waals surface area contributed by atoms with Gasteiger partial charge >= 0.3 is 0 Å². The van der Waals surface area contributed by atoms with E-state index in [-0.39, 0.29) is 0 Å². The van der Waals surface area contributed by atoms with Crippen LogP contribution >= 0.6 is 11.3 Å². The molecule has 7 rings (SSSR count). The number of aromatic amines is 2. The molecule has 0 aliphatic heterocycles. The van der Waals surface area contributed by atoms with E-state index in [0.717, 1.165) is 33.9 Å². The van der Waals surface area contributed by atoms with Gasteiger partial charge in [0.1, 0.15) is 11.6 Å². The highest BCUT2D eigenvalue weighted by Gasteiger charge is 2.16. The first-order chi connectivity index (χ1) is 17.0. The van der Waals surface area contributed by atoms with Gasteiger partial charge in [-0.05, 0) is 58.5 Å². The standard InChI is InChI=1S/C30H24N4S/c1-16(2)30-33-27-23-9-8-21(14-25(23)29-24(10-11-35-29)28(27)34-30)19-4-5-20-13-22(7-6-18(20)12-19)26-15-31-17(3)32-26/h4-16H,1-3H3,(H,31,32)(H,33,34). The van der Waals surface area contributed by atoms with Crippen molar-refractivity contribution in [2.45, 2.75) is 26.7 Å². The maximum atomic E-state index is 4.95. The van der Waals surface area contributed by atoms with Gasteiger partial charge in [-0.1, -0.05) is 50.2 Å². The smallest absolute Gasteiger partial charge is 0.109 e. The van der Waals surface area contributed by atoms with Crippen LogP contribution in [0, 0.1) is 6.92 Å². The van der Waals surface area contributed by atoms with Gasteiger partial charge in [0, 0.05) is 32.3 Å². The van der Waals surface area contributed by atoms with Gasteiger partial charge in [-0.2, -0.15) is 0 Å². The lowest BCUT2D eigenvalue weighted by Crippen LogP contribution is -1.88. The van der Waals surface area contributed by atoms with Crippen molar-refractivity contribution < 1.29 is 0 Å². The third kappa shape index (κ3) is 3.19. The minimum absolute atomic E-state index is 0.362. The van der Waals surface area contributed by atoms with E-state index in [1.54, 1.807) is 11.3 Å². The Bertz CT molecular complexity index is 1900. The zero-order valence-electron chi connectivity index (χ0n) is 19.8. The molecule has 0 radical (unpaired) electrons. The van der Waals surface area contributed by atoms with Crippen LogP contribution in [0.3, 0.4) is 0 Å². The number of nitrogens with one attached hydrogen (secondary N) is 2. The molecular weight excluding hydrogens is 448 g/mol. The number of nitrogens with zero attached hydrogens (tertiary/aromatic N) is 2. The predicted octanol–water partition coefficient (Wildman–Crippen LogP) is 8.57. The van der Waals surface area contributed by atoms with Crippen molar-refractivity contribution in [2.75, 3.05) is 0 Å². The normalized spacial score (nSPS) is 12.1. The van der Waals surface area contributed by atoms with Crippen LogP contribution in [0.1, 0.15) is 31.4 Å². The molecule has 0 saturated carbocycles. The first kappa shape index (κ1) is 20.4. The second-order valence-corrected chi connectivity index (χ2v) is 10.5. The van der Waals surface area contributed by atoms with Gasteiger partial charge in [0.2, 0.25) is 0 Å². The molecule has 0 unspecified atom stereocenters. The van der Waals surface area contributed by atoms with E-state index in [4.69, 9.17) is 4.98 Å². The summed E-state index contributed by atoms with van der Waals surface area (Å²) < 4.78 is 1.30. The first-order valence-corrected chi connectivity index (χ1v) is 12.8. The maximum Gasteiger partial charge on any atom is 0.109 e. The minimum atomic E-state index is 0.362. The molecule has 0 aliphatic rings. The summed E-state index contributed by atoms with van der Waals surface area (Å²) in [6.07, 6.45) is 1.89. The van der Waals surface area contributed by atoms with Crippen LogP contribution in [0.4, 0.5) is 0 Å². The summed E-state index contributed by atoms with van der Waals surface area (Å²) in [5.41, 5.74) is 6.88. The molecule has 0 amide bonds. The van der Waals surface area contributed by atoms with Crippen LogP contribution in [0.5, 0.6) is 0 Å². The predicted molar refractivity (Wildman–Crippen MR) is 148 cm³/mol. The molecule has 5 heteroatoms. The Morgan fingerprint density at radius 3 is 2.29 bits per heavy atom. The fraction of sp³-hybridized carbons (Fsp3) is 0.133. The Morgan fingerprint density at radius 2 is 1.51 bits per heavy atom. The van der Waals surface area contributed by atoms with Crippen molar-refractivity contribution in [3.8, 4) is 22.4 Å². The summed E-state index contributed by atoms with van der Waals surface area (Å²) in [5, 5.41) is 8.38. The number of thiophene rings is 1. The second-order valence-electron chi connectivity index (χ2n) is 9.58. The van der Waals surface area contributed by atoms with Crippen LogP contribution in [-0.2, 0) is 0 Å². The lowest BCUT2D eigenvalue weighted by molar-refractivity contribution is 0.799. The van der Waals surface area contributed by atoms with E-state index in [2.05, 4.69) is 94.8 Å². The molecule has 0 aliphatic carbocycles. The van der Waals surface area contributed by atoms with Crippen molar-refractivity contribution in [3.63, 3.8) is 0 Å². The zero-order valence-corrected chi connectivity index (χ0v) is 20.6. The SMILES string of the molecule is Cc1ncc(-c2ccc3cc(-c4ccc5c(c4)c4sccc4c4nc(C(C)C)[nH]c54)ccc3c2)[nH]1. The zero-order chi connectivity index (χ0) is 23.7. The van der Waals surface area contributed by atoms with Crippen LogP contribution < -0.4 is 0 Å². The van der Waals surface area contributed by atoms with Crippen molar-refractivity contribution in [1.82, 2.24) is 19.9 Å². The van der Waals surface area contributed by atoms with Gasteiger partial charge in [0.15, 0.2) is 0 Å². The molecule has 0 spiro atoms. The van der Waals surface area contributed by atoms with Crippen molar-refractivity contribution in [3.05, 3.63) is 83.9 Å². The number of hydrogen-bond donors (Lipinski definition) is 2. The van der Waals surface area contributed by atoms with E-state index in [9.17, 15) is 0 Å². The number of benzene rings is 4. The van der Waals surface area contributed by atoms with Gasteiger partial charge < -0.3 is 9.97 Å². The van der Waals surface area contributed by atoms with Crippen LogP contribution in [0.2, 0.25) is 0 Å². The van der Waals surface area contributed by atoms with E-state index >= 15 is 0 Å². The highest BCUT2D eigenvalue weighted by atomic mass is 32.1. The van der Waals surface area contributed by atoms with E-state index < -0.39 is 0 Å². The largest absolute Gasteiger partial charge is 0.342 e. The number of H-pyrrole nitrogens is 2. The Kier molecular flexibility index (Phi) is 4.39. The van der Waals surface area contributed by atoms with E-state index in [1.165, 1.54) is 42.8 Å². The summed E-state index contributed by atoms with van der Waals surface area (Å²) in [6, 6.07) is 22.3. The maximum absolute atomic E-state index is 4.95. The van der Waals surface area contributed by atoms with E-state index in [0.29, 0.717) is 5.92 Å². The first-order valence-electron chi connectivity index (χ1n) is 11.9. The van der Waals surface area contributed by atoms with Crippen LogP contribution in [0.15, 0.2) is 72.2 Å². The molecule has 4 aromatic carbocycles. The topological polar surface area (TPSA) is 57.4 Å². The monoisotopic (exact) mass is 472 g/mol. The quantitative estimate of drug-likeness (QED) is 0.270. The Balaban J connectivity index is 1.38. The average molecular weight is 473 g/mol. The lowest BCUT2D eigenvalue weighted by atomic mass is 9.96. The Labute approximate surface area is 206 Å². The van der Waals surface area contributed by atoms with Crippen molar-refractivity contribution in [1.29, 1.82) is 0 Å². The highest BCUT2D eigenvalue weighted by molar-refractivity contribution is 7.18. The second kappa shape index (κ2) is 7.52. The number of aryl methyl sites for hydroxylation is 1. The number of fused-ring (bicyclic) bond motifs is 7. The molecular formula is C30H24N4S. The third-order valence-corrected chi connectivity index (χ3v) is 7.86. The lowest BCUT2D eigenvalue weighted by Gasteiger charge is -2.09.